The summed E-state index contributed by atoms with van der Waals surface area (Å²) in [5.41, 5.74) is 2.00. The van der Waals surface area contributed by atoms with Gasteiger partial charge in [0.25, 0.3) is 5.91 Å². The number of carbonyl (C=O) groups excluding carboxylic acids is 1. The minimum absolute atomic E-state index is 0.0859. The molecule has 1 aliphatic heterocycles. The van der Waals surface area contributed by atoms with Crippen molar-refractivity contribution in [2.75, 3.05) is 11.9 Å². The fourth-order valence-electron chi connectivity index (χ4n) is 2.11. The Morgan fingerprint density at radius 2 is 2.22 bits per heavy atom. The Morgan fingerprint density at radius 3 is 2.94 bits per heavy atom. The van der Waals surface area contributed by atoms with Gasteiger partial charge in [0, 0.05) is 4.83 Å². The number of nitrogens with one attached hydrogen (secondary N) is 1. The van der Waals surface area contributed by atoms with Gasteiger partial charge in [-0.05, 0) is 36.5 Å². The second kappa shape index (κ2) is 5.74. The van der Waals surface area contributed by atoms with Crippen LogP contribution in [0.25, 0.3) is 0 Å². The quantitative estimate of drug-likeness (QED) is 0.866. The first-order valence-electron chi connectivity index (χ1n) is 6.24. The van der Waals surface area contributed by atoms with Crippen LogP contribution in [-0.4, -0.2) is 17.3 Å². The number of carbonyl (C=O) groups is 1. The van der Waals surface area contributed by atoms with E-state index in [1.807, 2.05) is 12.1 Å². The number of hydrogen-bond donors (Lipinski definition) is 1. The summed E-state index contributed by atoms with van der Waals surface area (Å²) in [5.74, 6) is 1.35. The van der Waals surface area contributed by atoms with Gasteiger partial charge in [-0.2, -0.15) is 0 Å². The Morgan fingerprint density at radius 1 is 1.44 bits per heavy atom. The van der Waals surface area contributed by atoms with Crippen molar-refractivity contribution in [1.29, 1.82) is 0 Å². The molecule has 2 rings (SSSR count). The van der Waals surface area contributed by atoms with Crippen LogP contribution in [0, 0.1) is 5.92 Å². The smallest absolute Gasteiger partial charge is 0.262 e. The highest BCUT2D eigenvalue weighted by atomic mass is 79.9. The second-order valence-corrected chi connectivity index (χ2v) is 6.39. The van der Waals surface area contributed by atoms with E-state index < -0.39 is 0 Å². The Balaban J connectivity index is 2.06. The summed E-state index contributed by atoms with van der Waals surface area (Å²) in [5, 5.41) is 2.84. The van der Waals surface area contributed by atoms with Gasteiger partial charge in [-0.25, -0.2) is 0 Å². The maximum absolute atomic E-state index is 11.3. The molecule has 0 aliphatic carbocycles. The van der Waals surface area contributed by atoms with Gasteiger partial charge in [0.15, 0.2) is 6.61 Å². The maximum atomic E-state index is 11.3. The van der Waals surface area contributed by atoms with Gasteiger partial charge in [-0.1, -0.05) is 35.8 Å². The molecular weight excluding hydrogens is 294 g/mol. The number of ether oxygens (including phenoxy) is 1. The van der Waals surface area contributed by atoms with Gasteiger partial charge < -0.3 is 10.1 Å². The van der Waals surface area contributed by atoms with Crippen LogP contribution in [0.4, 0.5) is 5.69 Å². The summed E-state index contributed by atoms with van der Waals surface area (Å²) >= 11 is 3.70. The van der Waals surface area contributed by atoms with Crippen molar-refractivity contribution in [1.82, 2.24) is 0 Å². The van der Waals surface area contributed by atoms with Gasteiger partial charge >= 0.3 is 0 Å². The van der Waals surface area contributed by atoms with E-state index in [0.29, 0.717) is 10.7 Å². The van der Waals surface area contributed by atoms with Crippen molar-refractivity contribution >= 4 is 27.5 Å². The number of rotatable bonds is 4. The van der Waals surface area contributed by atoms with Crippen LogP contribution in [0.3, 0.4) is 0 Å². The molecule has 0 saturated carbocycles. The summed E-state index contributed by atoms with van der Waals surface area (Å²) in [6.07, 6.45) is 2.10. The fraction of sp³-hybridized carbons (Fsp3) is 0.500. The molecule has 1 aromatic rings. The Bertz CT molecular complexity index is 445. The van der Waals surface area contributed by atoms with Crippen molar-refractivity contribution in [3.8, 4) is 5.75 Å². The first-order valence-corrected chi connectivity index (χ1v) is 7.16. The third-order valence-corrected chi connectivity index (χ3v) is 3.56. The lowest BCUT2D eigenvalue weighted by Gasteiger charge is -2.19. The zero-order valence-corrected chi connectivity index (χ0v) is 12.3. The lowest BCUT2D eigenvalue weighted by Crippen LogP contribution is -2.25. The lowest BCUT2D eigenvalue weighted by atomic mass is 10.0. The Hall–Kier alpha value is -1.03. The van der Waals surface area contributed by atoms with Crippen molar-refractivity contribution in [3.05, 3.63) is 23.8 Å². The average Bonchev–Trinajstić information content (AvgIpc) is 2.27. The van der Waals surface area contributed by atoms with Crippen molar-refractivity contribution < 1.29 is 9.53 Å². The van der Waals surface area contributed by atoms with E-state index in [2.05, 4.69) is 41.2 Å². The summed E-state index contributed by atoms with van der Waals surface area (Å²) in [7, 11) is 0. The van der Waals surface area contributed by atoms with Crippen molar-refractivity contribution in [2.24, 2.45) is 5.92 Å². The second-order valence-electron chi connectivity index (χ2n) is 5.10. The van der Waals surface area contributed by atoms with Gasteiger partial charge in [0.2, 0.25) is 0 Å². The largest absolute Gasteiger partial charge is 0.482 e. The number of amides is 1. The van der Waals surface area contributed by atoms with E-state index in [-0.39, 0.29) is 12.5 Å². The minimum atomic E-state index is -0.0859. The van der Waals surface area contributed by atoms with E-state index in [1.54, 1.807) is 0 Å². The normalized spacial score (nSPS) is 15.9. The number of hydrogen-bond acceptors (Lipinski definition) is 2. The van der Waals surface area contributed by atoms with Crippen LogP contribution in [0.1, 0.15) is 25.8 Å². The maximum Gasteiger partial charge on any atom is 0.262 e. The van der Waals surface area contributed by atoms with Gasteiger partial charge in [-0.15, -0.1) is 0 Å². The molecule has 4 heteroatoms. The molecule has 0 aromatic heterocycles. The molecule has 1 N–H and O–H groups in total. The molecule has 0 fully saturated rings. The summed E-state index contributed by atoms with van der Waals surface area (Å²) < 4.78 is 5.34. The molecule has 0 radical (unpaired) electrons. The highest BCUT2D eigenvalue weighted by Crippen LogP contribution is 2.29. The molecule has 1 amide bonds. The monoisotopic (exact) mass is 311 g/mol. The third kappa shape index (κ3) is 3.48. The molecule has 98 valence electrons. The van der Waals surface area contributed by atoms with Crippen molar-refractivity contribution in [3.63, 3.8) is 0 Å². The van der Waals surface area contributed by atoms with Crippen LogP contribution >= 0.6 is 15.9 Å². The summed E-state index contributed by atoms with van der Waals surface area (Å²) in [6, 6.07) is 5.99. The molecule has 3 nitrogen and oxygen atoms in total. The Labute approximate surface area is 116 Å². The highest BCUT2D eigenvalue weighted by molar-refractivity contribution is 9.09. The third-order valence-electron chi connectivity index (χ3n) is 2.86. The van der Waals surface area contributed by atoms with Gasteiger partial charge in [0.05, 0.1) is 5.69 Å². The molecule has 18 heavy (non-hydrogen) atoms. The van der Waals surface area contributed by atoms with E-state index in [0.717, 1.165) is 24.3 Å². The van der Waals surface area contributed by atoms with Crippen LogP contribution < -0.4 is 10.1 Å². The molecule has 0 spiro atoms. The number of alkyl halides is 1. The van der Waals surface area contributed by atoms with Crippen LogP contribution in [0.2, 0.25) is 0 Å². The minimum Gasteiger partial charge on any atom is -0.482 e. The van der Waals surface area contributed by atoms with Crippen LogP contribution in [0.15, 0.2) is 18.2 Å². The fourth-order valence-corrected chi connectivity index (χ4v) is 3.23. The first-order chi connectivity index (χ1) is 8.54. The zero-order valence-electron chi connectivity index (χ0n) is 10.7. The summed E-state index contributed by atoms with van der Waals surface area (Å²) in [6.45, 7) is 4.55. The average molecular weight is 312 g/mol. The molecule has 1 aromatic carbocycles. The van der Waals surface area contributed by atoms with Gasteiger partial charge in [-0.3, -0.25) is 4.79 Å². The molecule has 0 saturated heterocycles. The molecule has 0 bridgehead atoms. The highest BCUT2D eigenvalue weighted by Gasteiger charge is 2.16. The van der Waals surface area contributed by atoms with Gasteiger partial charge in [0.1, 0.15) is 5.75 Å². The first kappa shape index (κ1) is 13.4. The van der Waals surface area contributed by atoms with E-state index in [4.69, 9.17) is 4.74 Å². The van der Waals surface area contributed by atoms with E-state index >= 15 is 0 Å². The van der Waals surface area contributed by atoms with E-state index in [1.165, 1.54) is 5.56 Å². The predicted molar refractivity (Wildman–Crippen MR) is 76.4 cm³/mol. The predicted octanol–water partition coefficient (Wildman–Crippen LogP) is 3.37. The zero-order chi connectivity index (χ0) is 13.1. The topological polar surface area (TPSA) is 38.3 Å². The number of anilines is 1. The number of benzene rings is 1. The number of fused-ring (bicyclic) bond motifs is 1. The van der Waals surface area contributed by atoms with Crippen molar-refractivity contribution in [2.45, 2.75) is 31.5 Å². The molecular formula is C14H18BrNO2. The molecule has 1 aliphatic rings. The molecule has 1 atom stereocenters. The van der Waals surface area contributed by atoms with E-state index in [9.17, 15) is 4.79 Å². The van der Waals surface area contributed by atoms with Crippen LogP contribution in [0.5, 0.6) is 5.75 Å². The molecule has 1 unspecified atom stereocenters. The molecule has 1 heterocycles. The summed E-state index contributed by atoms with van der Waals surface area (Å²) in [4.78, 5) is 11.7. The Kier molecular flexibility index (Phi) is 4.27. The van der Waals surface area contributed by atoms with Crippen LogP contribution in [-0.2, 0) is 11.2 Å². The number of halogens is 1. The standard InChI is InChI=1S/C14H18BrNO2/c1-9(2)5-11(15)6-10-3-4-13-12(7-10)16-14(17)8-18-13/h3-4,7,9,11H,5-6,8H2,1-2H3,(H,16,17). The SMILES string of the molecule is CC(C)CC(Br)Cc1ccc2c(c1)NC(=O)CO2. The lowest BCUT2D eigenvalue weighted by molar-refractivity contribution is -0.118.